The Labute approximate surface area is 417 Å². The second-order valence-corrected chi connectivity index (χ2v) is 22.8. The summed E-state index contributed by atoms with van der Waals surface area (Å²) in [7, 11) is 1.32. The summed E-state index contributed by atoms with van der Waals surface area (Å²) in [5.41, 5.74) is 0. The van der Waals surface area contributed by atoms with Crippen molar-refractivity contribution >= 4 is 13.7 Å². The van der Waals surface area contributed by atoms with Crippen LogP contribution in [0.5, 0.6) is 0 Å². The van der Waals surface area contributed by atoms with E-state index < -0.39 is 20.0 Å². The first kappa shape index (κ1) is 66.0. The topological polar surface area (TPSA) is 108 Å². The van der Waals surface area contributed by atoms with Crippen LogP contribution in [0.15, 0.2) is 24.3 Å². The number of rotatable bonds is 54. The number of aliphatic hydroxyl groups is 1. The third-order valence-electron chi connectivity index (χ3n) is 13.4. The highest BCUT2D eigenvalue weighted by Crippen LogP contribution is 2.38. The van der Waals surface area contributed by atoms with Crippen molar-refractivity contribution in [2.45, 2.75) is 302 Å². The number of allylic oxidation sites excluding steroid dienone is 4. The van der Waals surface area contributed by atoms with Crippen molar-refractivity contribution in [3.8, 4) is 0 Å². The molecule has 67 heavy (non-hydrogen) atoms. The molecule has 0 aromatic heterocycles. The maximum atomic E-state index is 13.0. The number of hydrogen-bond donors (Lipinski definition) is 2. The molecule has 0 saturated heterocycles. The summed E-state index contributed by atoms with van der Waals surface area (Å²) < 4.78 is 23.4. The molecule has 1 amide bonds. The highest BCUT2D eigenvalue weighted by molar-refractivity contribution is 7.45. The van der Waals surface area contributed by atoms with Gasteiger partial charge in [0.1, 0.15) is 13.2 Å². The number of carbonyl (C=O) groups excluding carboxylic acids is 1. The fourth-order valence-corrected chi connectivity index (χ4v) is 9.56. The van der Waals surface area contributed by atoms with Gasteiger partial charge in [-0.25, -0.2) is 0 Å². The van der Waals surface area contributed by atoms with Gasteiger partial charge in [-0.2, -0.15) is 0 Å². The molecule has 0 bridgehead atoms. The van der Waals surface area contributed by atoms with Crippen molar-refractivity contribution in [2.24, 2.45) is 0 Å². The number of aliphatic hydroxyl groups excluding tert-OH is 1. The second-order valence-electron chi connectivity index (χ2n) is 21.4. The van der Waals surface area contributed by atoms with Crippen LogP contribution in [0, 0.1) is 0 Å². The normalized spacial score (nSPS) is 14.1. The molecule has 0 rings (SSSR count). The van der Waals surface area contributed by atoms with Crippen molar-refractivity contribution in [1.82, 2.24) is 5.32 Å². The van der Waals surface area contributed by atoms with Gasteiger partial charge in [-0.05, 0) is 44.9 Å². The highest BCUT2D eigenvalue weighted by atomic mass is 31.2. The number of hydrogen-bond acceptors (Lipinski definition) is 6. The van der Waals surface area contributed by atoms with Crippen molar-refractivity contribution in [3.63, 3.8) is 0 Å². The molecule has 0 spiro atoms. The van der Waals surface area contributed by atoms with Crippen LogP contribution in [0.3, 0.4) is 0 Å². The summed E-state index contributed by atoms with van der Waals surface area (Å²) in [5.74, 6) is -0.160. The molecule has 0 saturated carbocycles. The van der Waals surface area contributed by atoms with E-state index in [1.807, 2.05) is 21.1 Å². The Bertz CT molecular complexity index is 1140. The number of carbonyl (C=O) groups is 1. The first-order valence-corrected chi connectivity index (χ1v) is 30.6. The lowest BCUT2D eigenvalue weighted by Crippen LogP contribution is -2.46. The van der Waals surface area contributed by atoms with Gasteiger partial charge in [0.25, 0.3) is 7.82 Å². The van der Waals surface area contributed by atoms with Gasteiger partial charge in [-0.1, -0.05) is 263 Å². The number of phosphoric acid groups is 1. The Hall–Kier alpha value is -1.02. The molecule has 0 aromatic rings. The molecule has 0 aliphatic heterocycles. The van der Waals surface area contributed by atoms with Crippen LogP contribution in [0.4, 0.5) is 0 Å². The van der Waals surface area contributed by atoms with Crippen LogP contribution >= 0.6 is 7.82 Å². The second kappa shape index (κ2) is 49.9. The van der Waals surface area contributed by atoms with Crippen LogP contribution in [-0.2, 0) is 18.4 Å². The Balaban J connectivity index is 4.00. The average Bonchev–Trinajstić information content (AvgIpc) is 3.29. The number of nitrogens with one attached hydrogen (secondary N) is 1. The van der Waals surface area contributed by atoms with Gasteiger partial charge in [0, 0.05) is 6.42 Å². The van der Waals surface area contributed by atoms with Crippen LogP contribution < -0.4 is 10.2 Å². The van der Waals surface area contributed by atoms with Crippen molar-refractivity contribution in [2.75, 3.05) is 40.9 Å². The molecule has 0 radical (unpaired) electrons. The van der Waals surface area contributed by atoms with Crippen LogP contribution in [-0.4, -0.2) is 68.5 Å². The molecule has 0 heterocycles. The number of unbranched alkanes of at least 4 members (excludes halogenated alkanes) is 37. The van der Waals surface area contributed by atoms with Gasteiger partial charge in [-0.15, -0.1) is 0 Å². The minimum Gasteiger partial charge on any atom is -0.756 e. The lowest BCUT2D eigenvalue weighted by Gasteiger charge is -2.30. The van der Waals surface area contributed by atoms with E-state index in [1.54, 1.807) is 0 Å². The molecule has 9 heteroatoms. The number of phosphoric ester groups is 1. The minimum atomic E-state index is -4.57. The summed E-state index contributed by atoms with van der Waals surface area (Å²) in [6.45, 7) is 4.74. The van der Waals surface area contributed by atoms with Gasteiger partial charge in [-0.3, -0.25) is 9.36 Å². The Morgan fingerprint density at radius 1 is 0.522 bits per heavy atom. The number of likely N-dealkylation sites (N-methyl/N-ethyl adjacent to an activating group) is 1. The summed E-state index contributed by atoms with van der Waals surface area (Å²) >= 11 is 0. The number of amides is 1. The highest BCUT2D eigenvalue weighted by Gasteiger charge is 2.24. The van der Waals surface area contributed by atoms with Gasteiger partial charge in [0.2, 0.25) is 5.91 Å². The fourth-order valence-electron chi connectivity index (χ4n) is 8.84. The van der Waals surface area contributed by atoms with E-state index in [4.69, 9.17) is 9.05 Å². The molecular weight excluding hydrogens is 852 g/mol. The predicted molar refractivity (Wildman–Crippen MR) is 289 cm³/mol. The standard InChI is InChI=1S/C58H115N2O6P/c1-6-8-10-12-14-16-18-20-22-23-24-25-26-27-28-29-30-31-32-33-34-35-36-37-38-40-42-44-46-48-50-52-58(62)59-56(55-66-67(63,64)65-54-53-60(3,4)5)57(61)51-49-47-45-43-41-39-21-19-17-15-13-11-9-7-2/h18,20,23-24,56-57,61H,6-17,19,21-22,25-55H2,1-5H3,(H-,59,62,63,64)/b20-18-,24-23-. The lowest BCUT2D eigenvalue weighted by atomic mass is 10.0. The lowest BCUT2D eigenvalue weighted by molar-refractivity contribution is -0.870. The monoisotopic (exact) mass is 967 g/mol. The van der Waals surface area contributed by atoms with Crippen molar-refractivity contribution < 1.29 is 32.9 Å². The third kappa shape index (κ3) is 52.6. The molecule has 2 N–H and O–H groups in total. The third-order valence-corrected chi connectivity index (χ3v) is 14.4. The Morgan fingerprint density at radius 2 is 0.866 bits per heavy atom. The zero-order valence-corrected chi connectivity index (χ0v) is 46.3. The summed E-state index contributed by atoms with van der Waals surface area (Å²) in [5, 5.41) is 14.0. The van der Waals surface area contributed by atoms with Crippen LogP contribution in [0.25, 0.3) is 0 Å². The summed E-state index contributed by atoms with van der Waals surface area (Å²) in [6.07, 6.45) is 62.2. The maximum absolute atomic E-state index is 13.0. The van der Waals surface area contributed by atoms with Gasteiger partial charge in [0.15, 0.2) is 0 Å². The van der Waals surface area contributed by atoms with E-state index >= 15 is 0 Å². The molecule has 398 valence electrons. The SMILES string of the molecule is CCCCCCC/C=C\C/C=C\CCCCCCCCCCCCCCCCCCCCCC(=O)NC(COP(=O)([O-])OCC[N+](C)(C)C)C(O)CCCCCCCCCCCCCCCC. The van der Waals surface area contributed by atoms with Gasteiger partial charge in [0.05, 0.1) is 39.9 Å². The van der Waals surface area contributed by atoms with Gasteiger partial charge < -0.3 is 28.8 Å². The van der Waals surface area contributed by atoms with Crippen LogP contribution in [0.2, 0.25) is 0 Å². The van der Waals surface area contributed by atoms with E-state index in [-0.39, 0.29) is 19.1 Å². The van der Waals surface area contributed by atoms with E-state index in [0.29, 0.717) is 23.9 Å². The first-order valence-electron chi connectivity index (χ1n) is 29.2. The van der Waals surface area contributed by atoms with E-state index in [1.165, 1.54) is 218 Å². The fraction of sp³-hybridized carbons (Fsp3) is 0.914. The quantitative estimate of drug-likeness (QED) is 0.0272. The first-order chi connectivity index (χ1) is 32.5. The van der Waals surface area contributed by atoms with E-state index in [9.17, 15) is 19.4 Å². The van der Waals surface area contributed by atoms with Gasteiger partial charge >= 0.3 is 0 Å². The van der Waals surface area contributed by atoms with Crippen molar-refractivity contribution in [1.29, 1.82) is 0 Å². The zero-order chi connectivity index (χ0) is 49.2. The smallest absolute Gasteiger partial charge is 0.268 e. The molecule has 3 unspecified atom stereocenters. The van der Waals surface area contributed by atoms with E-state index in [0.717, 1.165) is 44.9 Å². The molecular formula is C58H115N2O6P. The van der Waals surface area contributed by atoms with Crippen molar-refractivity contribution in [3.05, 3.63) is 24.3 Å². The molecule has 0 aromatic carbocycles. The molecule has 0 fully saturated rings. The van der Waals surface area contributed by atoms with E-state index in [2.05, 4.69) is 43.5 Å². The number of quaternary nitrogens is 1. The Kier molecular flexibility index (Phi) is 49.2. The minimum absolute atomic E-state index is 0.0145. The molecule has 0 aliphatic carbocycles. The maximum Gasteiger partial charge on any atom is 0.268 e. The molecule has 0 aliphatic rings. The predicted octanol–water partition coefficient (Wildman–Crippen LogP) is 17.0. The molecule has 3 atom stereocenters. The summed E-state index contributed by atoms with van der Waals surface area (Å²) in [6, 6.07) is -0.797. The molecule has 8 nitrogen and oxygen atoms in total. The Morgan fingerprint density at radius 3 is 1.24 bits per heavy atom. The largest absolute Gasteiger partial charge is 0.756 e. The zero-order valence-electron chi connectivity index (χ0n) is 45.4. The average molecular weight is 968 g/mol. The van der Waals surface area contributed by atoms with Crippen LogP contribution in [0.1, 0.15) is 290 Å². The number of nitrogens with zero attached hydrogens (tertiary/aromatic N) is 1. The summed E-state index contributed by atoms with van der Waals surface area (Å²) in [4.78, 5) is 25.5.